The van der Waals surface area contributed by atoms with Gasteiger partial charge in [0, 0.05) is 37.0 Å². The molecule has 1 saturated carbocycles. The highest BCUT2D eigenvalue weighted by Crippen LogP contribution is 2.34. The van der Waals surface area contributed by atoms with Crippen LogP contribution in [0.1, 0.15) is 56.1 Å². The van der Waals surface area contributed by atoms with Gasteiger partial charge < -0.3 is 10.2 Å². The summed E-state index contributed by atoms with van der Waals surface area (Å²) < 4.78 is 38.4. The van der Waals surface area contributed by atoms with Crippen molar-refractivity contribution in [3.05, 3.63) is 69.8 Å². The highest BCUT2D eigenvalue weighted by atomic mass is 19.4. The Morgan fingerprint density at radius 3 is 2.36 bits per heavy atom. The summed E-state index contributed by atoms with van der Waals surface area (Å²) in [5, 5.41) is 14.1. The molecule has 1 aliphatic carbocycles. The summed E-state index contributed by atoms with van der Waals surface area (Å²) in [7, 11) is 0. The number of alkyl halides is 3. The SMILES string of the molecule is O=C(Cc1ccc(C(F)(F)F)cc1)N[C@@H]1CCCC[C@H]1CC1CCCN(c2ccc([N+](=O)[O-])cc2)C1. The maximum Gasteiger partial charge on any atom is 0.416 e. The van der Waals surface area contributed by atoms with E-state index >= 15 is 0 Å². The number of piperidine rings is 1. The van der Waals surface area contributed by atoms with Crippen molar-refractivity contribution in [2.75, 3.05) is 18.0 Å². The number of nitro groups is 1. The molecule has 0 aromatic heterocycles. The molecule has 2 fully saturated rings. The quantitative estimate of drug-likeness (QED) is 0.364. The van der Waals surface area contributed by atoms with Gasteiger partial charge in [-0.15, -0.1) is 0 Å². The average molecular weight is 504 g/mol. The Bertz CT molecular complexity index is 1040. The largest absolute Gasteiger partial charge is 0.416 e. The number of carbonyl (C=O) groups is 1. The van der Waals surface area contributed by atoms with Gasteiger partial charge in [0.1, 0.15) is 0 Å². The number of hydrogen-bond donors (Lipinski definition) is 1. The molecule has 1 saturated heterocycles. The van der Waals surface area contributed by atoms with Crippen molar-refractivity contribution in [2.45, 2.75) is 63.6 Å². The first kappa shape index (κ1) is 26.0. The number of halogens is 3. The number of benzene rings is 2. The minimum Gasteiger partial charge on any atom is -0.371 e. The highest BCUT2D eigenvalue weighted by molar-refractivity contribution is 5.78. The van der Waals surface area contributed by atoms with E-state index in [-0.39, 0.29) is 24.1 Å². The van der Waals surface area contributed by atoms with E-state index in [2.05, 4.69) is 10.2 Å². The molecule has 0 bridgehead atoms. The molecule has 0 radical (unpaired) electrons. The molecule has 6 nitrogen and oxygen atoms in total. The van der Waals surface area contributed by atoms with E-state index < -0.39 is 16.7 Å². The van der Waals surface area contributed by atoms with Crippen molar-refractivity contribution >= 4 is 17.3 Å². The van der Waals surface area contributed by atoms with Crippen LogP contribution in [0.2, 0.25) is 0 Å². The number of hydrogen-bond acceptors (Lipinski definition) is 4. The van der Waals surface area contributed by atoms with Crippen LogP contribution in [0.3, 0.4) is 0 Å². The smallest absolute Gasteiger partial charge is 0.371 e. The van der Waals surface area contributed by atoms with Crippen molar-refractivity contribution in [3.63, 3.8) is 0 Å². The van der Waals surface area contributed by atoms with Crippen LogP contribution in [0.25, 0.3) is 0 Å². The summed E-state index contributed by atoms with van der Waals surface area (Å²) in [6, 6.07) is 11.6. The lowest BCUT2D eigenvalue weighted by Crippen LogP contribution is -2.44. The zero-order chi connectivity index (χ0) is 25.7. The summed E-state index contributed by atoms with van der Waals surface area (Å²) in [5.74, 6) is 0.700. The Morgan fingerprint density at radius 2 is 1.69 bits per heavy atom. The highest BCUT2D eigenvalue weighted by Gasteiger charge is 2.32. The second-order valence-corrected chi connectivity index (χ2v) is 10.1. The van der Waals surface area contributed by atoms with Crippen LogP contribution in [0.4, 0.5) is 24.5 Å². The van der Waals surface area contributed by atoms with Crippen molar-refractivity contribution in [1.82, 2.24) is 5.32 Å². The minimum absolute atomic E-state index is 0.0682. The van der Waals surface area contributed by atoms with Gasteiger partial charge in [-0.1, -0.05) is 25.0 Å². The summed E-state index contributed by atoms with van der Waals surface area (Å²) in [6.07, 6.45) is 3.03. The molecule has 0 spiro atoms. The van der Waals surface area contributed by atoms with Crippen LogP contribution in [0.15, 0.2) is 48.5 Å². The van der Waals surface area contributed by atoms with Crippen LogP contribution in [0, 0.1) is 22.0 Å². The molecule has 2 aromatic rings. The molecule has 2 aliphatic rings. The van der Waals surface area contributed by atoms with Gasteiger partial charge in [0.25, 0.3) is 5.69 Å². The van der Waals surface area contributed by atoms with Crippen molar-refractivity contribution in [1.29, 1.82) is 0 Å². The third-order valence-electron chi connectivity index (χ3n) is 7.48. The van der Waals surface area contributed by atoms with Crippen LogP contribution in [-0.4, -0.2) is 30.0 Å². The average Bonchev–Trinajstić information content (AvgIpc) is 2.85. The lowest BCUT2D eigenvalue weighted by molar-refractivity contribution is -0.384. The van der Waals surface area contributed by atoms with E-state index in [1.807, 2.05) is 12.1 Å². The third kappa shape index (κ3) is 6.77. The number of amides is 1. The molecule has 4 rings (SSSR count). The van der Waals surface area contributed by atoms with Gasteiger partial charge in [-0.3, -0.25) is 14.9 Å². The number of nitrogens with one attached hydrogen (secondary N) is 1. The van der Waals surface area contributed by atoms with Gasteiger partial charge in [0.2, 0.25) is 5.91 Å². The summed E-state index contributed by atoms with van der Waals surface area (Å²) >= 11 is 0. The maximum atomic E-state index is 12.8. The molecule has 1 N–H and O–H groups in total. The van der Waals surface area contributed by atoms with E-state index in [1.165, 1.54) is 12.1 Å². The molecule has 1 aliphatic heterocycles. The van der Waals surface area contributed by atoms with Crippen LogP contribution < -0.4 is 10.2 Å². The predicted octanol–water partition coefficient (Wildman–Crippen LogP) is 6.14. The monoisotopic (exact) mass is 503 g/mol. The Morgan fingerprint density at radius 1 is 1.00 bits per heavy atom. The number of non-ortho nitro benzene ring substituents is 1. The summed E-state index contributed by atoms with van der Waals surface area (Å²) in [4.78, 5) is 25.6. The van der Waals surface area contributed by atoms with Crippen LogP contribution >= 0.6 is 0 Å². The summed E-state index contributed by atoms with van der Waals surface area (Å²) in [6.45, 7) is 1.81. The van der Waals surface area contributed by atoms with E-state index in [1.54, 1.807) is 12.1 Å². The van der Waals surface area contributed by atoms with Gasteiger partial charge in [0.15, 0.2) is 0 Å². The third-order valence-corrected chi connectivity index (χ3v) is 7.48. The molecular weight excluding hydrogens is 471 g/mol. The lowest BCUT2D eigenvalue weighted by Gasteiger charge is -2.39. The number of nitro benzene ring substituents is 1. The van der Waals surface area contributed by atoms with E-state index in [9.17, 15) is 28.1 Å². The number of nitrogens with zero attached hydrogens (tertiary/aromatic N) is 2. The standard InChI is InChI=1S/C27H32F3N3O3/c28-27(29,30)22-9-7-19(8-10-22)17-26(34)31-25-6-2-1-5-21(25)16-20-4-3-15-32(18-20)23-11-13-24(14-12-23)33(35)36/h7-14,20-21,25H,1-6,15-18H2,(H,31,34)/t20?,21-,25+/m0/s1. The molecule has 9 heteroatoms. The zero-order valence-electron chi connectivity index (χ0n) is 20.2. The lowest BCUT2D eigenvalue weighted by atomic mass is 9.77. The van der Waals surface area contributed by atoms with E-state index in [0.717, 1.165) is 75.9 Å². The molecule has 36 heavy (non-hydrogen) atoms. The Labute approximate surface area is 209 Å². The fraction of sp³-hybridized carbons (Fsp3) is 0.519. The van der Waals surface area contributed by atoms with Crippen molar-refractivity contribution < 1.29 is 22.9 Å². The topological polar surface area (TPSA) is 75.5 Å². The van der Waals surface area contributed by atoms with Gasteiger partial charge in [-0.05, 0) is 73.8 Å². The van der Waals surface area contributed by atoms with Gasteiger partial charge in [-0.2, -0.15) is 13.2 Å². The first-order valence-corrected chi connectivity index (χ1v) is 12.6. The first-order chi connectivity index (χ1) is 17.2. The second kappa shape index (κ2) is 11.3. The molecule has 194 valence electrons. The molecular formula is C27H32F3N3O3. The Balaban J connectivity index is 1.32. The maximum absolute atomic E-state index is 12.8. The van der Waals surface area contributed by atoms with Crippen molar-refractivity contribution in [3.8, 4) is 0 Å². The molecule has 1 heterocycles. The molecule has 1 amide bonds. The first-order valence-electron chi connectivity index (χ1n) is 12.6. The zero-order valence-corrected chi connectivity index (χ0v) is 20.2. The number of carbonyl (C=O) groups excluding carboxylic acids is 1. The molecule has 1 unspecified atom stereocenters. The van der Waals surface area contributed by atoms with E-state index in [4.69, 9.17) is 0 Å². The normalized spacial score (nSPS) is 22.8. The van der Waals surface area contributed by atoms with Crippen LogP contribution in [0.5, 0.6) is 0 Å². The Hall–Kier alpha value is -3.10. The van der Waals surface area contributed by atoms with E-state index in [0.29, 0.717) is 17.4 Å². The molecule has 3 atom stereocenters. The second-order valence-electron chi connectivity index (χ2n) is 10.1. The van der Waals surface area contributed by atoms with Crippen LogP contribution in [-0.2, 0) is 17.4 Å². The molecule has 2 aromatic carbocycles. The van der Waals surface area contributed by atoms with Gasteiger partial charge in [-0.25, -0.2) is 0 Å². The van der Waals surface area contributed by atoms with Gasteiger partial charge in [0.05, 0.1) is 16.9 Å². The Kier molecular flexibility index (Phi) is 8.16. The van der Waals surface area contributed by atoms with Gasteiger partial charge >= 0.3 is 6.18 Å². The fourth-order valence-corrected chi connectivity index (χ4v) is 5.64. The minimum atomic E-state index is -4.39. The van der Waals surface area contributed by atoms with Crippen molar-refractivity contribution in [2.24, 2.45) is 11.8 Å². The number of rotatable bonds is 7. The fourth-order valence-electron chi connectivity index (χ4n) is 5.64. The number of anilines is 1. The summed E-state index contributed by atoms with van der Waals surface area (Å²) in [5.41, 5.74) is 0.938. The predicted molar refractivity (Wildman–Crippen MR) is 132 cm³/mol.